The highest BCUT2D eigenvalue weighted by atomic mass is 35.5. The maximum absolute atomic E-state index is 12.9. The lowest BCUT2D eigenvalue weighted by Crippen LogP contribution is -2.54. The molecule has 3 aromatic rings. The second kappa shape index (κ2) is 6.34. The number of benzene rings is 1. The van der Waals surface area contributed by atoms with Crippen molar-refractivity contribution in [1.82, 2.24) is 5.32 Å². The molecule has 1 aliphatic heterocycles. The van der Waals surface area contributed by atoms with Gasteiger partial charge in [-0.1, -0.05) is 11.6 Å². The molecule has 0 unspecified atom stereocenters. The minimum absolute atomic E-state index is 0.0532. The Hall–Kier alpha value is -2.06. The predicted octanol–water partition coefficient (Wildman–Crippen LogP) is 4.45. The summed E-state index contributed by atoms with van der Waals surface area (Å²) >= 11 is 14.2. The molecule has 1 aliphatic rings. The highest BCUT2D eigenvalue weighted by Gasteiger charge is 2.34. The van der Waals surface area contributed by atoms with Crippen molar-refractivity contribution in [2.75, 3.05) is 4.90 Å². The van der Waals surface area contributed by atoms with Crippen LogP contribution in [-0.4, -0.2) is 16.9 Å². The van der Waals surface area contributed by atoms with Crippen molar-refractivity contribution >= 4 is 84.6 Å². The quantitative estimate of drug-likeness (QED) is 0.390. The smallest absolute Gasteiger partial charge is 0.270 e. The Balaban J connectivity index is 1.74. The number of thiocarbonyl (C=S) groups is 1. The molecule has 0 bridgehead atoms. The van der Waals surface area contributed by atoms with Gasteiger partial charge in [-0.15, -0.1) is 22.7 Å². The Morgan fingerprint density at radius 1 is 1.12 bits per heavy atom. The van der Waals surface area contributed by atoms with Gasteiger partial charge >= 0.3 is 0 Å². The predicted molar refractivity (Wildman–Crippen MR) is 107 cm³/mol. The standard InChI is InChI=1S/C17H9ClN2O2S3/c18-9-1-3-10(4-2-9)20-16(22)12(15(21)19-17(20)23)7-11-8-14-13(25-11)5-6-24-14/h1-8H,(H,19,21,23)/b12-7+. The Kier molecular flexibility index (Phi) is 4.16. The molecule has 0 atom stereocenters. The van der Waals surface area contributed by atoms with E-state index >= 15 is 0 Å². The number of anilines is 1. The fourth-order valence-corrected chi connectivity index (χ4v) is 4.95. The molecule has 1 saturated heterocycles. The van der Waals surface area contributed by atoms with Crippen molar-refractivity contribution in [1.29, 1.82) is 0 Å². The largest absolute Gasteiger partial charge is 0.298 e. The highest BCUT2D eigenvalue weighted by Crippen LogP contribution is 2.32. The van der Waals surface area contributed by atoms with Crippen LogP contribution in [0.15, 0.2) is 47.4 Å². The van der Waals surface area contributed by atoms with Gasteiger partial charge in [0.25, 0.3) is 11.8 Å². The van der Waals surface area contributed by atoms with Crippen LogP contribution in [0.4, 0.5) is 5.69 Å². The van der Waals surface area contributed by atoms with Crippen molar-refractivity contribution in [3.63, 3.8) is 0 Å². The maximum atomic E-state index is 12.9. The number of nitrogens with zero attached hydrogens (tertiary/aromatic N) is 1. The average molecular weight is 405 g/mol. The summed E-state index contributed by atoms with van der Waals surface area (Å²) in [6, 6.07) is 10.7. The van der Waals surface area contributed by atoms with Gasteiger partial charge in [0.05, 0.1) is 5.69 Å². The molecule has 4 nitrogen and oxygen atoms in total. The van der Waals surface area contributed by atoms with Crippen molar-refractivity contribution in [3.8, 4) is 0 Å². The minimum atomic E-state index is -0.489. The van der Waals surface area contributed by atoms with Gasteiger partial charge in [-0.3, -0.25) is 19.8 Å². The molecule has 25 heavy (non-hydrogen) atoms. The third-order valence-electron chi connectivity index (χ3n) is 3.63. The molecule has 3 heterocycles. The lowest BCUT2D eigenvalue weighted by molar-refractivity contribution is -0.122. The number of carbonyl (C=O) groups is 2. The second-order valence-electron chi connectivity index (χ2n) is 5.23. The van der Waals surface area contributed by atoms with E-state index in [1.807, 2.05) is 17.5 Å². The number of halogens is 1. The number of hydrogen-bond acceptors (Lipinski definition) is 5. The first-order valence-electron chi connectivity index (χ1n) is 7.17. The first-order valence-corrected chi connectivity index (χ1v) is 9.65. The fourth-order valence-electron chi connectivity index (χ4n) is 2.48. The van der Waals surface area contributed by atoms with Gasteiger partial charge in [0.1, 0.15) is 5.57 Å². The third-order valence-corrected chi connectivity index (χ3v) is 6.21. The highest BCUT2D eigenvalue weighted by molar-refractivity contribution is 7.80. The summed E-state index contributed by atoms with van der Waals surface area (Å²) < 4.78 is 2.26. The first-order chi connectivity index (χ1) is 12.0. The van der Waals surface area contributed by atoms with Crippen LogP contribution in [0.5, 0.6) is 0 Å². The van der Waals surface area contributed by atoms with Crippen molar-refractivity contribution < 1.29 is 9.59 Å². The van der Waals surface area contributed by atoms with Crippen LogP contribution in [0.25, 0.3) is 15.5 Å². The van der Waals surface area contributed by atoms with E-state index in [2.05, 4.69) is 5.32 Å². The molecule has 0 radical (unpaired) electrons. The second-order valence-corrected chi connectivity index (χ2v) is 8.12. The van der Waals surface area contributed by atoms with Gasteiger partial charge in [-0.25, -0.2) is 0 Å². The number of nitrogens with one attached hydrogen (secondary N) is 1. The fraction of sp³-hybridized carbons (Fsp3) is 0. The zero-order valence-corrected chi connectivity index (χ0v) is 15.7. The van der Waals surface area contributed by atoms with Gasteiger partial charge in [0.2, 0.25) is 0 Å². The first kappa shape index (κ1) is 16.4. The van der Waals surface area contributed by atoms with Crippen molar-refractivity contribution in [3.05, 3.63) is 57.3 Å². The zero-order chi connectivity index (χ0) is 17.6. The summed E-state index contributed by atoms with van der Waals surface area (Å²) in [5.74, 6) is -0.940. The SMILES string of the molecule is O=C1NC(=S)N(c2ccc(Cl)cc2)C(=O)/C1=C/c1cc2sccc2s1. The van der Waals surface area contributed by atoms with Crippen LogP contribution in [0, 0.1) is 0 Å². The molecular weight excluding hydrogens is 396 g/mol. The Bertz CT molecular complexity index is 1020. The van der Waals surface area contributed by atoms with Crippen molar-refractivity contribution in [2.45, 2.75) is 0 Å². The number of hydrogen-bond donors (Lipinski definition) is 1. The number of carbonyl (C=O) groups excluding carboxylic acids is 2. The summed E-state index contributed by atoms with van der Waals surface area (Å²) in [7, 11) is 0. The van der Waals surface area contributed by atoms with E-state index in [1.165, 1.54) is 16.2 Å². The molecule has 0 saturated carbocycles. The molecule has 0 aliphatic carbocycles. The minimum Gasteiger partial charge on any atom is -0.298 e. The molecule has 2 amide bonds. The van der Waals surface area contributed by atoms with Crippen molar-refractivity contribution in [2.24, 2.45) is 0 Å². The van der Waals surface area contributed by atoms with E-state index in [4.69, 9.17) is 23.8 Å². The Morgan fingerprint density at radius 2 is 1.88 bits per heavy atom. The molecule has 1 aromatic carbocycles. The van der Waals surface area contributed by atoms with E-state index in [-0.39, 0.29) is 10.7 Å². The molecular formula is C17H9ClN2O2S3. The van der Waals surface area contributed by atoms with Crippen LogP contribution >= 0.6 is 46.5 Å². The van der Waals surface area contributed by atoms with E-state index in [0.29, 0.717) is 10.7 Å². The van der Waals surface area contributed by atoms with E-state index in [9.17, 15) is 9.59 Å². The van der Waals surface area contributed by atoms with Crippen LogP contribution < -0.4 is 10.2 Å². The van der Waals surface area contributed by atoms with Gasteiger partial charge < -0.3 is 0 Å². The molecule has 4 rings (SSSR count). The normalized spacial score (nSPS) is 16.8. The van der Waals surface area contributed by atoms with Crippen LogP contribution in [0.3, 0.4) is 0 Å². The third kappa shape index (κ3) is 3.00. The van der Waals surface area contributed by atoms with E-state index < -0.39 is 11.8 Å². The van der Waals surface area contributed by atoms with Gasteiger partial charge in [0.15, 0.2) is 5.11 Å². The number of rotatable bonds is 2. The van der Waals surface area contributed by atoms with Crippen LogP contribution in [0.1, 0.15) is 4.88 Å². The summed E-state index contributed by atoms with van der Waals surface area (Å²) in [4.78, 5) is 27.3. The molecule has 0 spiro atoms. The summed E-state index contributed by atoms with van der Waals surface area (Å²) in [5, 5.41) is 5.20. The Morgan fingerprint density at radius 3 is 2.60 bits per heavy atom. The average Bonchev–Trinajstić information content (AvgIpc) is 3.14. The number of amides is 2. The molecule has 124 valence electrons. The molecule has 1 N–H and O–H groups in total. The van der Waals surface area contributed by atoms with E-state index in [0.717, 1.165) is 14.3 Å². The maximum Gasteiger partial charge on any atom is 0.270 e. The Labute approximate surface area is 161 Å². The lowest BCUT2D eigenvalue weighted by atomic mass is 10.1. The van der Waals surface area contributed by atoms with Crippen LogP contribution in [0.2, 0.25) is 5.02 Å². The number of fused-ring (bicyclic) bond motifs is 1. The number of thiophene rings is 2. The summed E-state index contributed by atoms with van der Waals surface area (Å²) in [5.41, 5.74) is 0.606. The monoisotopic (exact) mass is 404 g/mol. The molecule has 1 fully saturated rings. The summed E-state index contributed by atoms with van der Waals surface area (Å²) in [6.07, 6.45) is 1.61. The molecule has 8 heteroatoms. The topological polar surface area (TPSA) is 49.4 Å². The van der Waals surface area contributed by atoms with Gasteiger partial charge in [-0.2, -0.15) is 0 Å². The lowest BCUT2D eigenvalue weighted by Gasteiger charge is -2.28. The summed E-state index contributed by atoms with van der Waals surface area (Å²) in [6.45, 7) is 0. The van der Waals surface area contributed by atoms with Gasteiger partial charge in [0, 0.05) is 19.3 Å². The van der Waals surface area contributed by atoms with E-state index in [1.54, 1.807) is 41.7 Å². The van der Waals surface area contributed by atoms with Crippen LogP contribution in [-0.2, 0) is 9.59 Å². The zero-order valence-electron chi connectivity index (χ0n) is 12.5. The van der Waals surface area contributed by atoms with Gasteiger partial charge in [-0.05, 0) is 60.1 Å². The molecule has 2 aromatic heterocycles.